The lowest BCUT2D eigenvalue weighted by Gasteiger charge is -2.35. The molecule has 0 spiro atoms. The number of para-hydroxylation sites is 1. The van der Waals surface area contributed by atoms with Gasteiger partial charge in [-0.3, -0.25) is 4.79 Å². The Morgan fingerprint density at radius 3 is 2.47 bits per heavy atom. The van der Waals surface area contributed by atoms with Gasteiger partial charge in [-0.1, -0.05) is 55.5 Å². The molecule has 0 bridgehead atoms. The van der Waals surface area contributed by atoms with E-state index in [2.05, 4.69) is 16.8 Å². The molecule has 30 heavy (non-hydrogen) atoms. The Bertz CT molecular complexity index is 985. The minimum atomic E-state index is 0.0215. The van der Waals surface area contributed by atoms with E-state index in [1.54, 1.807) is 6.20 Å². The molecule has 0 atom stereocenters. The summed E-state index contributed by atoms with van der Waals surface area (Å²) in [4.78, 5) is 25.8. The number of hydrogen-bond donors (Lipinski definition) is 0. The number of anilines is 1. The van der Waals surface area contributed by atoms with Gasteiger partial charge in [0.15, 0.2) is 12.4 Å². The van der Waals surface area contributed by atoms with Gasteiger partial charge in [0.05, 0.1) is 0 Å². The fraction of sp³-hybridized carbons (Fsp3) is 0.292. The van der Waals surface area contributed by atoms with E-state index in [1.807, 2.05) is 65.6 Å². The Labute approximate surface area is 177 Å². The van der Waals surface area contributed by atoms with Crippen LogP contribution in [0.1, 0.15) is 12.5 Å². The van der Waals surface area contributed by atoms with Crippen molar-refractivity contribution in [1.29, 1.82) is 0 Å². The molecule has 1 saturated heterocycles. The lowest BCUT2D eigenvalue weighted by Crippen LogP contribution is -2.50. The van der Waals surface area contributed by atoms with Crippen LogP contribution < -0.4 is 9.64 Å². The van der Waals surface area contributed by atoms with Gasteiger partial charge < -0.3 is 14.5 Å². The maximum Gasteiger partial charge on any atom is 0.260 e. The molecule has 0 unspecified atom stereocenters. The molecule has 1 fully saturated rings. The van der Waals surface area contributed by atoms with Crippen molar-refractivity contribution in [3.05, 3.63) is 72.4 Å². The SMILES string of the molecule is CCc1ccccc1OCC(=O)N1CCN(c2ccnc(-c3ccccc3)n2)CC1. The van der Waals surface area contributed by atoms with Crippen LogP contribution in [0.15, 0.2) is 66.9 Å². The summed E-state index contributed by atoms with van der Waals surface area (Å²) in [7, 11) is 0. The predicted molar refractivity (Wildman–Crippen MR) is 118 cm³/mol. The van der Waals surface area contributed by atoms with E-state index in [4.69, 9.17) is 9.72 Å². The minimum Gasteiger partial charge on any atom is -0.483 e. The topological polar surface area (TPSA) is 58.6 Å². The van der Waals surface area contributed by atoms with Crippen molar-refractivity contribution >= 4 is 11.7 Å². The molecular formula is C24H26N4O2. The van der Waals surface area contributed by atoms with Crippen LogP contribution in [-0.2, 0) is 11.2 Å². The van der Waals surface area contributed by atoms with Gasteiger partial charge in [-0.25, -0.2) is 9.97 Å². The molecule has 4 rings (SSSR count). The van der Waals surface area contributed by atoms with E-state index in [9.17, 15) is 4.79 Å². The van der Waals surface area contributed by atoms with Crippen molar-refractivity contribution in [3.63, 3.8) is 0 Å². The average Bonchev–Trinajstić information content (AvgIpc) is 2.83. The van der Waals surface area contributed by atoms with Crippen LogP contribution in [0.3, 0.4) is 0 Å². The highest BCUT2D eigenvalue weighted by Gasteiger charge is 2.22. The first kappa shape index (κ1) is 19.9. The molecule has 3 aromatic rings. The summed E-state index contributed by atoms with van der Waals surface area (Å²) >= 11 is 0. The Kier molecular flexibility index (Phi) is 6.23. The molecule has 6 heteroatoms. The second-order valence-electron chi connectivity index (χ2n) is 7.22. The molecule has 1 amide bonds. The number of aromatic nitrogens is 2. The molecule has 0 saturated carbocycles. The molecule has 2 aromatic carbocycles. The molecule has 6 nitrogen and oxygen atoms in total. The number of rotatable bonds is 6. The number of nitrogens with zero attached hydrogens (tertiary/aromatic N) is 4. The number of carbonyl (C=O) groups excluding carboxylic acids is 1. The Hall–Kier alpha value is -3.41. The Morgan fingerprint density at radius 2 is 1.70 bits per heavy atom. The zero-order valence-electron chi connectivity index (χ0n) is 17.2. The van der Waals surface area contributed by atoms with Crippen LogP contribution in [0.4, 0.5) is 5.82 Å². The van der Waals surface area contributed by atoms with Gasteiger partial charge in [0.1, 0.15) is 11.6 Å². The third kappa shape index (κ3) is 4.59. The van der Waals surface area contributed by atoms with Gasteiger partial charge in [0.2, 0.25) is 0 Å². The lowest BCUT2D eigenvalue weighted by atomic mass is 10.1. The monoisotopic (exact) mass is 402 g/mol. The summed E-state index contributed by atoms with van der Waals surface area (Å²) in [6.07, 6.45) is 2.67. The Morgan fingerprint density at radius 1 is 0.967 bits per heavy atom. The van der Waals surface area contributed by atoms with Crippen molar-refractivity contribution in [3.8, 4) is 17.1 Å². The third-order valence-corrected chi connectivity index (χ3v) is 5.33. The molecule has 0 radical (unpaired) electrons. The number of amides is 1. The first-order chi connectivity index (χ1) is 14.7. The Balaban J connectivity index is 1.33. The van der Waals surface area contributed by atoms with Crippen LogP contribution >= 0.6 is 0 Å². The summed E-state index contributed by atoms with van der Waals surface area (Å²) in [6, 6.07) is 19.8. The second-order valence-corrected chi connectivity index (χ2v) is 7.22. The summed E-state index contributed by atoms with van der Waals surface area (Å²) in [5, 5.41) is 0. The van der Waals surface area contributed by atoms with Crippen molar-refractivity contribution in [2.75, 3.05) is 37.7 Å². The van der Waals surface area contributed by atoms with E-state index in [-0.39, 0.29) is 12.5 Å². The molecule has 154 valence electrons. The largest absolute Gasteiger partial charge is 0.483 e. The van der Waals surface area contributed by atoms with E-state index >= 15 is 0 Å². The summed E-state index contributed by atoms with van der Waals surface area (Å²) in [5.41, 5.74) is 2.12. The van der Waals surface area contributed by atoms with Crippen LogP contribution in [0.25, 0.3) is 11.4 Å². The van der Waals surface area contributed by atoms with Gasteiger partial charge >= 0.3 is 0 Å². The van der Waals surface area contributed by atoms with Crippen molar-refractivity contribution < 1.29 is 9.53 Å². The first-order valence-electron chi connectivity index (χ1n) is 10.4. The molecule has 0 aliphatic carbocycles. The number of benzene rings is 2. The molecule has 2 heterocycles. The molecule has 1 aliphatic heterocycles. The minimum absolute atomic E-state index is 0.0215. The third-order valence-electron chi connectivity index (χ3n) is 5.33. The summed E-state index contributed by atoms with van der Waals surface area (Å²) < 4.78 is 5.79. The maximum absolute atomic E-state index is 12.6. The molecule has 1 aromatic heterocycles. The van der Waals surface area contributed by atoms with Crippen molar-refractivity contribution in [2.45, 2.75) is 13.3 Å². The fourth-order valence-electron chi connectivity index (χ4n) is 3.60. The van der Waals surface area contributed by atoms with Gasteiger partial charge in [0.25, 0.3) is 5.91 Å². The predicted octanol–water partition coefficient (Wildman–Crippen LogP) is 3.43. The standard InChI is InChI=1S/C24H26N4O2/c1-2-19-8-6-7-11-21(19)30-18-23(29)28-16-14-27(15-17-28)22-12-13-25-24(26-22)20-9-4-3-5-10-20/h3-13H,2,14-18H2,1H3. The van der Waals surface area contributed by atoms with Gasteiger partial charge in [-0.05, 0) is 24.1 Å². The van der Waals surface area contributed by atoms with E-state index < -0.39 is 0 Å². The average molecular weight is 402 g/mol. The second kappa shape index (κ2) is 9.39. The van der Waals surface area contributed by atoms with Gasteiger partial charge in [-0.15, -0.1) is 0 Å². The van der Waals surface area contributed by atoms with Crippen LogP contribution in [0.5, 0.6) is 5.75 Å². The molecule has 0 N–H and O–H groups in total. The number of piperazine rings is 1. The van der Waals surface area contributed by atoms with Crippen LogP contribution in [-0.4, -0.2) is 53.6 Å². The maximum atomic E-state index is 12.6. The highest BCUT2D eigenvalue weighted by Crippen LogP contribution is 2.20. The van der Waals surface area contributed by atoms with E-state index in [0.717, 1.165) is 48.0 Å². The number of hydrogen-bond acceptors (Lipinski definition) is 5. The molecular weight excluding hydrogens is 376 g/mol. The smallest absolute Gasteiger partial charge is 0.260 e. The van der Waals surface area contributed by atoms with Crippen LogP contribution in [0.2, 0.25) is 0 Å². The summed E-state index contributed by atoms with van der Waals surface area (Å²) in [6.45, 7) is 4.94. The number of aryl methyl sites for hydroxylation is 1. The van der Waals surface area contributed by atoms with Crippen molar-refractivity contribution in [2.24, 2.45) is 0 Å². The van der Waals surface area contributed by atoms with Crippen LogP contribution in [0, 0.1) is 0 Å². The first-order valence-corrected chi connectivity index (χ1v) is 10.4. The summed E-state index contributed by atoms with van der Waals surface area (Å²) in [5.74, 6) is 2.42. The van der Waals surface area contributed by atoms with Gasteiger partial charge in [0, 0.05) is 37.9 Å². The van der Waals surface area contributed by atoms with E-state index in [0.29, 0.717) is 13.1 Å². The van der Waals surface area contributed by atoms with E-state index in [1.165, 1.54) is 0 Å². The highest BCUT2D eigenvalue weighted by molar-refractivity contribution is 5.78. The zero-order chi connectivity index (χ0) is 20.8. The zero-order valence-corrected chi connectivity index (χ0v) is 17.2. The number of ether oxygens (including phenoxy) is 1. The number of carbonyl (C=O) groups is 1. The highest BCUT2D eigenvalue weighted by atomic mass is 16.5. The normalized spacial score (nSPS) is 13.9. The molecule has 1 aliphatic rings. The fourth-order valence-corrected chi connectivity index (χ4v) is 3.60. The quantitative estimate of drug-likeness (QED) is 0.632. The van der Waals surface area contributed by atoms with Gasteiger partial charge in [-0.2, -0.15) is 0 Å². The lowest BCUT2D eigenvalue weighted by molar-refractivity contribution is -0.133. The van der Waals surface area contributed by atoms with Crippen molar-refractivity contribution in [1.82, 2.24) is 14.9 Å².